The summed E-state index contributed by atoms with van der Waals surface area (Å²) in [7, 11) is 1.44. The summed E-state index contributed by atoms with van der Waals surface area (Å²) >= 11 is 0. The average molecular weight is 278 g/mol. The molecule has 2 fully saturated rings. The number of hydrogen-bond acceptors (Lipinski definition) is 3. The summed E-state index contributed by atoms with van der Waals surface area (Å²) in [6.45, 7) is 4.61. The quantitative estimate of drug-likeness (QED) is 0.920. The first-order valence-electron chi connectivity index (χ1n) is 6.82. The smallest absolute Gasteiger partial charge is 0.238 e. The highest BCUT2D eigenvalue weighted by atomic mass is 19.1. The van der Waals surface area contributed by atoms with E-state index >= 15 is 0 Å². The maximum absolute atomic E-state index is 13.8. The lowest BCUT2D eigenvalue weighted by molar-refractivity contribution is -0.129. The number of benzene rings is 1. The number of halogens is 1. The second-order valence-corrected chi connectivity index (χ2v) is 6.19. The molecule has 1 amide bonds. The second-order valence-electron chi connectivity index (χ2n) is 6.19. The van der Waals surface area contributed by atoms with Gasteiger partial charge in [-0.2, -0.15) is 0 Å². The van der Waals surface area contributed by atoms with Crippen LogP contribution < -0.4 is 10.1 Å². The number of carbonyl (C=O) groups is 1. The number of hydrogen-bond donors (Lipinski definition) is 1. The van der Waals surface area contributed by atoms with Gasteiger partial charge in [0, 0.05) is 6.04 Å². The van der Waals surface area contributed by atoms with Gasteiger partial charge < -0.3 is 9.64 Å². The molecule has 1 N–H and O–H groups in total. The lowest BCUT2D eigenvalue weighted by atomic mass is 10.1. The van der Waals surface area contributed by atoms with Crippen molar-refractivity contribution in [2.45, 2.75) is 32.5 Å². The van der Waals surface area contributed by atoms with Crippen LogP contribution in [0.3, 0.4) is 0 Å². The van der Waals surface area contributed by atoms with Gasteiger partial charge in [0.25, 0.3) is 0 Å². The van der Waals surface area contributed by atoms with Gasteiger partial charge in [-0.05, 0) is 29.5 Å². The van der Waals surface area contributed by atoms with Crippen LogP contribution in [0.4, 0.5) is 4.39 Å². The predicted octanol–water partition coefficient (Wildman–Crippen LogP) is 2.06. The molecule has 0 bridgehead atoms. The van der Waals surface area contributed by atoms with Gasteiger partial charge in [-0.15, -0.1) is 0 Å². The van der Waals surface area contributed by atoms with Crippen molar-refractivity contribution in [2.75, 3.05) is 13.7 Å². The van der Waals surface area contributed by atoms with Gasteiger partial charge >= 0.3 is 0 Å². The van der Waals surface area contributed by atoms with Crippen molar-refractivity contribution in [2.24, 2.45) is 5.41 Å². The van der Waals surface area contributed by atoms with Crippen molar-refractivity contribution in [1.29, 1.82) is 0 Å². The van der Waals surface area contributed by atoms with E-state index in [1.165, 1.54) is 13.2 Å². The molecule has 0 radical (unpaired) electrons. The van der Waals surface area contributed by atoms with Crippen molar-refractivity contribution in [1.82, 2.24) is 10.2 Å². The second kappa shape index (κ2) is 4.45. The molecule has 3 rings (SSSR count). The number of nitrogens with one attached hydrogen (secondary N) is 1. The molecule has 2 aliphatic rings. The minimum atomic E-state index is -0.402. The third kappa shape index (κ3) is 2.06. The molecule has 2 unspecified atom stereocenters. The molecule has 1 aromatic rings. The molecule has 108 valence electrons. The van der Waals surface area contributed by atoms with Crippen LogP contribution in [0, 0.1) is 11.2 Å². The molecule has 4 nitrogen and oxygen atoms in total. The Labute approximate surface area is 117 Å². The zero-order valence-electron chi connectivity index (χ0n) is 11.9. The summed E-state index contributed by atoms with van der Waals surface area (Å²) in [5.74, 6) is -0.0978. The molecule has 1 aromatic carbocycles. The largest absolute Gasteiger partial charge is 0.494 e. The minimum absolute atomic E-state index is 0.0850. The topological polar surface area (TPSA) is 41.6 Å². The summed E-state index contributed by atoms with van der Waals surface area (Å²) in [5.41, 5.74) is 0.919. The number of nitrogens with zero attached hydrogens (tertiary/aromatic N) is 1. The van der Waals surface area contributed by atoms with Crippen LogP contribution >= 0.6 is 0 Å². The van der Waals surface area contributed by atoms with E-state index in [1.807, 2.05) is 4.90 Å². The first-order chi connectivity index (χ1) is 9.44. The predicted molar refractivity (Wildman–Crippen MR) is 72.7 cm³/mol. The molecular formula is C15H19FN2O2. The Balaban J connectivity index is 1.89. The molecule has 1 aliphatic carbocycles. The summed E-state index contributed by atoms with van der Waals surface area (Å²) in [6, 6.07) is 5.09. The monoisotopic (exact) mass is 278 g/mol. The molecule has 1 saturated heterocycles. The highest BCUT2D eigenvalue weighted by Crippen LogP contribution is 2.51. The molecule has 0 aromatic heterocycles. The fraction of sp³-hybridized carbons (Fsp3) is 0.533. The standard InChI is InChI=1S/C15H19FN2O2/c1-15(2)7-12(15)18-13(19)8-17-14(18)9-4-5-11(20-3)10(16)6-9/h4-6,12,14,17H,7-8H2,1-3H3. The Hall–Kier alpha value is -1.62. The average Bonchev–Trinajstić information content (AvgIpc) is 2.84. The number of carbonyl (C=O) groups excluding carboxylic acids is 1. The fourth-order valence-electron chi connectivity index (χ4n) is 2.92. The van der Waals surface area contributed by atoms with Gasteiger partial charge in [0.15, 0.2) is 11.6 Å². The van der Waals surface area contributed by atoms with Gasteiger partial charge in [0.1, 0.15) is 6.17 Å². The lowest BCUT2D eigenvalue weighted by Crippen LogP contribution is -2.34. The highest BCUT2D eigenvalue weighted by Gasteiger charge is 2.54. The molecule has 5 heteroatoms. The van der Waals surface area contributed by atoms with Crippen molar-refractivity contribution >= 4 is 5.91 Å². The van der Waals surface area contributed by atoms with Crippen molar-refractivity contribution in [3.63, 3.8) is 0 Å². The van der Waals surface area contributed by atoms with Crippen molar-refractivity contribution in [3.05, 3.63) is 29.6 Å². The summed E-state index contributed by atoms with van der Waals surface area (Å²) in [5, 5.41) is 3.17. The van der Waals surface area contributed by atoms with E-state index in [9.17, 15) is 9.18 Å². The van der Waals surface area contributed by atoms with Crippen molar-refractivity contribution < 1.29 is 13.9 Å². The van der Waals surface area contributed by atoms with Crippen LogP contribution in [-0.4, -0.2) is 30.5 Å². The first kappa shape index (κ1) is 13.4. The van der Waals surface area contributed by atoms with E-state index in [4.69, 9.17) is 4.74 Å². The summed E-state index contributed by atoms with van der Waals surface area (Å²) in [6.07, 6.45) is 0.755. The van der Waals surface area contributed by atoms with E-state index in [0.29, 0.717) is 6.54 Å². The summed E-state index contributed by atoms with van der Waals surface area (Å²) in [4.78, 5) is 13.9. The Bertz CT molecular complexity index is 559. The van der Waals surface area contributed by atoms with E-state index in [2.05, 4.69) is 19.2 Å². The maximum atomic E-state index is 13.8. The Morgan fingerprint density at radius 1 is 1.45 bits per heavy atom. The van der Waals surface area contributed by atoms with E-state index < -0.39 is 5.82 Å². The maximum Gasteiger partial charge on any atom is 0.238 e. The minimum Gasteiger partial charge on any atom is -0.494 e. The zero-order chi connectivity index (χ0) is 14.5. The SMILES string of the molecule is COc1ccc(C2NCC(=O)N2C2CC2(C)C)cc1F. The van der Waals surface area contributed by atoms with Crippen LogP contribution in [-0.2, 0) is 4.79 Å². The van der Waals surface area contributed by atoms with Crippen LogP contribution in [0.15, 0.2) is 18.2 Å². The number of amides is 1. The first-order valence-corrected chi connectivity index (χ1v) is 6.82. The van der Waals surface area contributed by atoms with E-state index in [1.54, 1.807) is 12.1 Å². The third-order valence-corrected chi connectivity index (χ3v) is 4.30. The van der Waals surface area contributed by atoms with E-state index in [0.717, 1.165) is 12.0 Å². The Kier molecular flexibility index (Phi) is 2.97. The van der Waals surface area contributed by atoms with Gasteiger partial charge in [-0.1, -0.05) is 19.9 Å². The molecule has 1 heterocycles. The number of methoxy groups -OCH3 is 1. The normalized spacial score (nSPS) is 27.8. The Morgan fingerprint density at radius 3 is 2.70 bits per heavy atom. The van der Waals surface area contributed by atoms with Crippen LogP contribution in [0.2, 0.25) is 0 Å². The molecule has 20 heavy (non-hydrogen) atoms. The number of ether oxygens (including phenoxy) is 1. The van der Waals surface area contributed by atoms with Gasteiger partial charge in [-0.25, -0.2) is 4.39 Å². The molecule has 0 spiro atoms. The van der Waals surface area contributed by atoms with Gasteiger partial charge in [0.05, 0.1) is 13.7 Å². The van der Waals surface area contributed by atoms with Gasteiger partial charge in [0.2, 0.25) is 5.91 Å². The molecular weight excluding hydrogens is 259 g/mol. The van der Waals surface area contributed by atoms with Gasteiger partial charge in [-0.3, -0.25) is 10.1 Å². The van der Waals surface area contributed by atoms with Crippen LogP contribution in [0.25, 0.3) is 0 Å². The third-order valence-electron chi connectivity index (χ3n) is 4.30. The molecule has 2 atom stereocenters. The fourth-order valence-corrected chi connectivity index (χ4v) is 2.92. The van der Waals surface area contributed by atoms with Crippen LogP contribution in [0.5, 0.6) is 5.75 Å². The van der Waals surface area contributed by atoms with Crippen molar-refractivity contribution in [3.8, 4) is 5.75 Å². The zero-order valence-corrected chi connectivity index (χ0v) is 11.9. The molecule has 1 saturated carbocycles. The Morgan fingerprint density at radius 2 is 2.15 bits per heavy atom. The lowest BCUT2D eigenvalue weighted by Gasteiger charge is -2.26. The highest BCUT2D eigenvalue weighted by molar-refractivity contribution is 5.81. The van der Waals surface area contributed by atoms with Crippen LogP contribution in [0.1, 0.15) is 32.0 Å². The van der Waals surface area contributed by atoms with E-state index in [-0.39, 0.29) is 29.3 Å². The number of rotatable bonds is 3. The summed E-state index contributed by atoms with van der Waals surface area (Å²) < 4.78 is 18.8. The molecule has 1 aliphatic heterocycles.